The second kappa shape index (κ2) is 4.78. The van der Waals surface area contributed by atoms with E-state index in [9.17, 15) is 24.9 Å². The van der Waals surface area contributed by atoms with E-state index in [4.69, 9.17) is 4.74 Å². The fourth-order valence-corrected chi connectivity index (χ4v) is 1.90. The molecule has 9 nitrogen and oxygen atoms in total. The molecule has 3 amide bonds. The third kappa shape index (κ3) is 2.18. The zero-order chi connectivity index (χ0) is 13.4. The first-order valence-corrected chi connectivity index (χ1v) is 5.47. The molecule has 2 aliphatic heterocycles. The molecule has 2 rings (SSSR count). The molecule has 5 atom stereocenters. The Balaban J connectivity index is 2.14. The van der Waals surface area contributed by atoms with Crippen LogP contribution in [0.5, 0.6) is 0 Å². The van der Waals surface area contributed by atoms with Crippen LogP contribution in [0, 0.1) is 0 Å². The number of carbonyl (C=O) groups is 2. The molecular formula is C9H15N3O6. The number of carbonyl (C=O) groups excluding carboxylic acids is 2. The van der Waals surface area contributed by atoms with Gasteiger partial charge < -0.3 is 20.1 Å². The van der Waals surface area contributed by atoms with Gasteiger partial charge in [0.05, 0.1) is 6.61 Å². The predicted octanol–water partition coefficient (Wildman–Crippen LogP) is -3.13. The number of hydrogen-bond acceptors (Lipinski definition) is 7. The number of urea groups is 1. The van der Waals surface area contributed by atoms with Crippen molar-refractivity contribution in [1.29, 1.82) is 0 Å². The number of aliphatic hydroxyl groups is 3. The maximum atomic E-state index is 11.4. The molecule has 9 heteroatoms. The monoisotopic (exact) mass is 261 g/mol. The summed E-state index contributed by atoms with van der Waals surface area (Å²) in [6, 6.07) is -1.51. The molecule has 0 aromatic heterocycles. The van der Waals surface area contributed by atoms with Crippen LogP contribution in [0.15, 0.2) is 0 Å². The Hall–Kier alpha value is -1.26. The Morgan fingerprint density at radius 2 is 1.94 bits per heavy atom. The van der Waals surface area contributed by atoms with Crippen LogP contribution in [-0.4, -0.2) is 69.5 Å². The second-order valence-corrected chi connectivity index (χ2v) is 4.29. The highest BCUT2D eigenvalue weighted by atomic mass is 16.5. The van der Waals surface area contributed by atoms with Crippen molar-refractivity contribution in [2.45, 2.75) is 37.5 Å². The fourth-order valence-electron chi connectivity index (χ4n) is 1.90. The quantitative estimate of drug-likeness (QED) is 0.337. The molecule has 0 radical (unpaired) electrons. The first-order chi connectivity index (χ1) is 8.41. The number of aliphatic hydroxyl groups excluding tert-OH is 3. The minimum absolute atomic E-state index is 0.205. The van der Waals surface area contributed by atoms with Crippen LogP contribution in [0.1, 0.15) is 6.92 Å². The zero-order valence-electron chi connectivity index (χ0n) is 9.61. The van der Waals surface area contributed by atoms with E-state index in [0.29, 0.717) is 0 Å². The van der Waals surface area contributed by atoms with Gasteiger partial charge in [-0.1, -0.05) is 0 Å². The Morgan fingerprint density at radius 1 is 1.28 bits per heavy atom. The molecule has 5 N–H and O–H groups in total. The van der Waals surface area contributed by atoms with Gasteiger partial charge in [0.15, 0.2) is 6.23 Å². The van der Waals surface area contributed by atoms with E-state index in [1.54, 1.807) is 0 Å². The van der Waals surface area contributed by atoms with Gasteiger partial charge in [0.2, 0.25) is 5.91 Å². The summed E-state index contributed by atoms with van der Waals surface area (Å²) in [4.78, 5) is 22.6. The van der Waals surface area contributed by atoms with Gasteiger partial charge in [-0.3, -0.25) is 15.5 Å². The van der Waals surface area contributed by atoms with Crippen molar-refractivity contribution in [2.75, 3.05) is 6.61 Å². The summed E-state index contributed by atoms with van der Waals surface area (Å²) < 4.78 is 5.15. The van der Waals surface area contributed by atoms with Gasteiger partial charge in [0.1, 0.15) is 24.4 Å². The highest BCUT2D eigenvalue weighted by Gasteiger charge is 2.45. The van der Waals surface area contributed by atoms with Gasteiger partial charge in [-0.15, -0.1) is 0 Å². The van der Waals surface area contributed by atoms with Crippen molar-refractivity contribution in [1.82, 2.24) is 15.8 Å². The second-order valence-electron chi connectivity index (χ2n) is 4.29. The number of imide groups is 1. The molecule has 2 saturated heterocycles. The highest BCUT2D eigenvalue weighted by molar-refractivity contribution is 5.98. The number of hydrogen-bond donors (Lipinski definition) is 5. The van der Waals surface area contributed by atoms with Gasteiger partial charge in [-0.25, -0.2) is 4.79 Å². The third-order valence-corrected chi connectivity index (χ3v) is 3.01. The van der Waals surface area contributed by atoms with Crippen molar-refractivity contribution in [3.8, 4) is 0 Å². The van der Waals surface area contributed by atoms with E-state index < -0.39 is 42.5 Å². The van der Waals surface area contributed by atoms with Crippen molar-refractivity contribution in [2.24, 2.45) is 0 Å². The Kier molecular flexibility index (Phi) is 3.50. The Bertz CT molecular complexity index is 364. The minimum Gasteiger partial charge on any atom is -0.388 e. The summed E-state index contributed by atoms with van der Waals surface area (Å²) in [5.74, 6) is -0.546. The lowest BCUT2D eigenvalue weighted by Gasteiger charge is -2.44. The average Bonchev–Trinajstić information content (AvgIpc) is 2.31. The normalized spacial score (nSPS) is 42.3. The first-order valence-electron chi connectivity index (χ1n) is 5.47. The standard InChI is InChI=1S/C9H15N3O6/c1-3-7(16)10-9(17)11-12(3)8-6(15)5(14)4(13)2-18-8/h3-6,8,13-15H,2H2,1H3,(H2,10,11,16,17)/t3-,4-,5-,6-,8-/m1/s1. The van der Waals surface area contributed by atoms with E-state index in [-0.39, 0.29) is 6.61 Å². The van der Waals surface area contributed by atoms with Crippen molar-refractivity contribution in [3.63, 3.8) is 0 Å². The summed E-state index contributed by atoms with van der Waals surface area (Å²) in [5, 5.41) is 31.8. The van der Waals surface area contributed by atoms with E-state index >= 15 is 0 Å². The molecule has 0 unspecified atom stereocenters. The van der Waals surface area contributed by atoms with Crippen LogP contribution in [0.25, 0.3) is 0 Å². The molecule has 2 heterocycles. The molecule has 18 heavy (non-hydrogen) atoms. The number of ether oxygens (including phenoxy) is 1. The van der Waals surface area contributed by atoms with E-state index in [2.05, 4.69) is 10.7 Å². The molecule has 0 aliphatic carbocycles. The van der Waals surface area contributed by atoms with Gasteiger partial charge in [-0.05, 0) is 6.92 Å². The molecular weight excluding hydrogens is 246 g/mol. The Labute approximate surface area is 102 Å². The maximum absolute atomic E-state index is 11.4. The Morgan fingerprint density at radius 3 is 2.61 bits per heavy atom. The van der Waals surface area contributed by atoms with Crippen molar-refractivity contribution < 1.29 is 29.6 Å². The summed E-state index contributed by atoms with van der Waals surface area (Å²) >= 11 is 0. The molecule has 2 aliphatic rings. The molecule has 2 fully saturated rings. The topological polar surface area (TPSA) is 131 Å². The lowest BCUT2D eigenvalue weighted by Crippen LogP contribution is -2.71. The number of nitrogens with one attached hydrogen (secondary N) is 2. The molecule has 0 bridgehead atoms. The van der Waals surface area contributed by atoms with Crippen LogP contribution in [0.4, 0.5) is 4.79 Å². The number of amides is 3. The van der Waals surface area contributed by atoms with Gasteiger partial charge in [-0.2, -0.15) is 5.01 Å². The smallest absolute Gasteiger partial charge is 0.336 e. The van der Waals surface area contributed by atoms with E-state index in [0.717, 1.165) is 5.01 Å². The van der Waals surface area contributed by atoms with Crippen LogP contribution >= 0.6 is 0 Å². The van der Waals surface area contributed by atoms with Crippen molar-refractivity contribution in [3.05, 3.63) is 0 Å². The number of rotatable bonds is 1. The molecule has 0 aromatic rings. The molecule has 0 spiro atoms. The highest BCUT2D eigenvalue weighted by Crippen LogP contribution is 2.20. The van der Waals surface area contributed by atoms with Crippen LogP contribution in [0.2, 0.25) is 0 Å². The molecule has 102 valence electrons. The minimum atomic E-state index is -1.44. The number of hydrazine groups is 1. The third-order valence-electron chi connectivity index (χ3n) is 3.01. The summed E-state index contributed by atoms with van der Waals surface area (Å²) in [5.41, 5.74) is 2.32. The van der Waals surface area contributed by atoms with Gasteiger partial charge in [0.25, 0.3) is 0 Å². The summed E-state index contributed by atoms with van der Waals surface area (Å²) in [6.07, 6.45) is -5.16. The number of nitrogens with zero attached hydrogens (tertiary/aromatic N) is 1. The molecule has 0 saturated carbocycles. The summed E-state index contributed by atoms with van der Waals surface area (Å²) in [7, 11) is 0. The first kappa shape index (κ1) is 13.2. The zero-order valence-corrected chi connectivity index (χ0v) is 9.61. The SMILES string of the molecule is C[C@@H]1C(=O)NC(=O)NN1[C@@H]1OC[C@@H](O)[C@@H](O)[C@H]1O. The molecule has 0 aromatic carbocycles. The van der Waals surface area contributed by atoms with Crippen LogP contribution < -0.4 is 10.7 Å². The van der Waals surface area contributed by atoms with Gasteiger partial charge in [0, 0.05) is 0 Å². The largest absolute Gasteiger partial charge is 0.388 e. The lowest BCUT2D eigenvalue weighted by atomic mass is 10.0. The van der Waals surface area contributed by atoms with Crippen molar-refractivity contribution >= 4 is 11.9 Å². The summed E-state index contributed by atoms with van der Waals surface area (Å²) in [6.45, 7) is 1.30. The van der Waals surface area contributed by atoms with E-state index in [1.165, 1.54) is 6.92 Å². The van der Waals surface area contributed by atoms with Crippen LogP contribution in [-0.2, 0) is 9.53 Å². The van der Waals surface area contributed by atoms with Crippen LogP contribution in [0.3, 0.4) is 0 Å². The van der Waals surface area contributed by atoms with E-state index in [1.807, 2.05) is 0 Å². The fraction of sp³-hybridized carbons (Fsp3) is 0.778. The maximum Gasteiger partial charge on any atom is 0.336 e. The van der Waals surface area contributed by atoms with Gasteiger partial charge >= 0.3 is 6.03 Å². The lowest BCUT2D eigenvalue weighted by molar-refractivity contribution is -0.241. The predicted molar refractivity (Wildman–Crippen MR) is 55.7 cm³/mol. The average molecular weight is 261 g/mol.